The Kier molecular flexibility index (Phi) is 5.97. The molecule has 2 aliphatic rings. The molecule has 2 N–H and O–H groups in total. The van der Waals surface area contributed by atoms with Crippen molar-refractivity contribution in [2.75, 3.05) is 12.4 Å². The van der Waals surface area contributed by atoms with Gasteiger partial charge in [0.25, 0.3) is 5.91 Å². The van der Waals surface area contributed by atoms with Crippen LogP contribution in [0.4, 0.5) is 14.5 Å². The maximum absolute atomic E-state index is 14.8. The quantitative estimate of drug-likeness (QED) is 0.626. The van der Waals surface area contributed by atoms with Gasteiger partial charge < -0.3 is 10.2 Å². The molecular weight excluding hydrogens is 432 g/mol. The molecule has 0 aliphatic carbocycles. The summed E-state index contributed by atoms with van der Waals surface area (Å²) in [5.74, 6) is -5.98. The zero-order chi connectivity index (χ0) is 23.8. The van der Waals surface area contributed by atoms with Gasteiger partial charge in [-0.05, 0) is 36.1 Å². The number of hydrogen-bond acceptors (Lipinski definition) is 5. The number of aryl methyl sites for hydroxylation is 1. The lowest BCUT2D eigenvalue weighted by molar-refractivity contribution is -0.144. The van der Waals surface area contributed by atoms with Crippen molar-refractivity contribution in [1.29, 1.82) is 0 Å². The molecule has 1 unspecified atom stereocenters. The number of hydrogen-bond donors (Lipinski definition) is 2. The van der Waals surface area contributed by atoms with Crippen LogP contribution in [0.15, 0.2) is 42.5 Å². The van der Waals surface area contributed by atoms with Gasteiger partial charge in [0, 0.05) is 37.7 Å². The Hall–Kier alpha value is -3.62. The van der Waals surface area contributed by atoms with Crippen LogP contribution in [0, 0.1) is 0 Å². The monoisotopic (exact) mass is 455 g/mol. The molecule has 4 rings (SSSR count). The largest absolute Gasteiger partial charge is 0.388 e. The van der Waals surface area contributed by atoms with Crippen molar-refractivity contribution in [2.45, 2.75) is 44.2 Å². The summed E-state index contributed by atoms with van der Waals surface area (Å²) in [5, 5.41) is 4.93. The van der Waals surface area contributed by atoms with Gasteiger partial charge in [-0.1, -0.05) is 30.3 Å². The van der Waals surface area contributed by atoms with E-state index in [1.54, 1.807) is 24.3 Å². The van der Waals surface area contributed by atoms with E-state index in [-0.39, 0.29) is 55.3 Å². The molecule has 1 saturated heterocycles. The Morgan fingerprint density at radius 2 is 1.94 bits per heavy atom. The molecule has 2 aromatic rings. The predicted molar refractivity (Wildman–Crippen MR) is 116 cm³/mol. The first-order chi connectivity index (χ1) is 15.7. The first-order valence-corrected chi connectivity index (χ1v) is 10.7. The van der Waals surface area contributed by atoms with Gasteiger partial charge in [0.1, 0.15) is 6.04 Å². The standard InChI is InChI=1S/C24H23F2N3O4/c1-27-18-5-3-2-4-17(18)24(25,26)20(30)10-7-14-6-8-16-15(12-14)13-29(23(16)33)19-9-11-21(31)28-22(19)32/h2-6,8,12,19,27H,7,9-11,13H2,1H3,(H,28,31,32). The highest BCUT2D eigenvalue weighted by molar-refractivity contribution is 6.05. The van der Waals surface area contributed by atoms with Gasteiger partial charge in [-0.25, -0.2) is 0 Å². The number of carbonyl (C=O) groups is 4. The number of ketones is 1. The summed E-state index contributed by atoms with van der Waals surface area (Å²) >= 11 is 0. The summed E-state index contributed by atoms with van der Waals surface area (Å²) in [4.78, 5) is 50.1. The van der Waals surface area contributed by atoms with Gasteiger partial charge >= 0.3 is 5.92 Å². The summed E-state index contributed by atoms with van der Waals surface area (Å²) in [5.41, 5.74) is 1.58. The van der Waals surface area contributed by atoms with E-state index in [0.717, 1.165) is 0 Å². The van der Waals surface area contributed by atoms with Crippen LogP contribution in [-0.2, 0) is 33.3 Å². The molecule has 33 heavy (non-hydrogen) atoms. The Labute approximate surface area is 189 Å². The van der Waals surface area contributed by atoms with Gasteiger partial charge in [-0.2, -0.15) is 8.78 Å². The molecular formula is C24H23F2N3O4. The SMILES string of the molecule is CNc1ccccc1C(F)(F)C(=O)CCc1ccc2c(c1)CN(C1CCC(=O)NC1=O)C2=O. The molecule has 2 aromatic carbocycles. The second-order valence-electron chi connectivity index (χ2n) is 8.18. The second kappa shape index (κ2) is 8.73. The number of benzene rings is 2. The molecule has 7 nitrogen and oxygen atoms in total. The van der Waals surface area contributed by atoms with Crippen molar-refractivity contribution >= 4 is 29.2 Å². The zero-order valence-corrected chi connectivity index (χ0v) is 18.0. The minimum absolute atomic E-state index is 0.0933. The number of carbonyl (C=O) groups excluding carboxylic acids is 4. The van der Waals surface area contributed by atoms with E-state index in [1.807, 2.05) is 0 Å². The number of fused-ring (bicyclic) bond motifs is 1. The predicted octanol–water partition coefficient (Wildman–Crippen LogP) is 2.78. The van der Waals surface area contributed by atoms with E-state index in [2.05, 4.69) is 10.6 Å². The average molecular weight is 455 g/mol. The third kappa shape index (κ3) is 4.22. The normalized spacial score (nSPS) is 18.2. The van der Waals surface area contributed by atoms with E-state index in [1.165, 1.54) is 30.1 Å². The lowest BCUT2D eigenvalue weighted by Gasteiger charge is -2.29. The fourth-order valence-electron chi connectivity index (χ4n) is 4.32. The van der Waals surface area contributed by atoms with Crippen LogP contribution in [0.3, 0.4) is 0 Å². The van der Waals surface area contributed by atoms with Gasteiger partial charge in [0.15, 0.2) is 0 Å². The number of halogens is 2. The Morgan fingerprint density at radius 1 is 1.18 bits per heavy atom. The van der Waals surface area contributed by atoms with Gasteiger partial charge in [0.2, 0.25) is 17.6 Å². The molecule has 2 aliphatic heterocycles. The molecule has 0 aromatic heterocycles. The van der Waals surface area contributed by atoms with E-state index in [4.69, 9.17) is 0 Å². The molecule has 0 bridgehead atoms. The second-order valence-corrected chi connectivity index (χ2v) is 8.18. The van der Waals surface area contributed by atoms with Crippen molar-refractivity contribution in [2.24, 2.45) is 0 Å². The lowest BCUT2D eigenvalue weighted by atomic mass is 9.96. The van der Waals surface area contributed by atoms with E-state index >= 15 is 0 Å². The smallest absolute Gasteiger partial charge is 0.332 e. The topological polar surface area (TPSA) is 95.6 Å². The molecule has 3 amide bonds. The van der Waals surface area contributed by atoms with Crippen LogP contribution < -0.4 is 10.6 Å². The number of rotatable bonds is 7. The highest BCUT2D eigenvalue weighted by Gasteiger charge is 2.42. The minimum atomic E-state index is -3.63. The fraction of sp³-hybridized carbons (Fsp3) is 0.333. The molecule has 1 atom stereocenters. The van der Waals surface area contributed by atoms with Crippen molar-refractivity contribution < 1.29 is 28.0 Å². The summed E-state index contributed by atoms with van der Waals surface area (Å²) in [6, 6.07) is 10.0. The number of anilines is 1. The maximum atomic E-state index is 14.8. The summed E-state index contributed by atoms with van der Waals surface area (Å²) in [7, 11) is 1.52. The summed E-state index contributed by atoms with van der Waals surface area (Å²) in [6.07, 6.45) is 0.147. The number of nitrogens with zero attached hydrogens (tertiary/aromatic N) is 1. The number of nitrogens with one attached hydrogen (secondary N) is 2. The number of alkyl halides is 2. The molecule has 9 heteroatoms. The van der Waals surface area contributed by atoms with Crippen molar-refractivity contribution in [3.05, 3.63) is 64.7 Å². The van der Waals surface area contributed by atoms with E-state index < -0.39 is 23.7 Å². The van der Waals surface area contributed by atoms with E-state index in [0.29, 0.717) is 16.7 Å². The molecule has 2 heterocycles. The van der Waals surface area contributed by atoms with Crippen LogP contribution in [0.1, 0.15) is 46.3 Å². The van der Waals surface area contributed by atoms with Gasteiger partial charge in [-0.3, -0.25) is 24.5 Å². The number of imide groups is 1. The molecule has 0 radical (unpaired) electrons. The average Bonchev–Trinajstić information content (AvgIpc) is 3.12. The van der Waals surface area contributed by atoms with Crippen molar-refractivity contribution in [3.63, 3.8) is 0 Å². The number of Topliss-reactive ketones (excluding diaryl/α,β-unsaturated/α-hetero) is 1. The van der Waals surface area contributed by atoms with Crippen LogP contribution >= 0.6 is 0 Å². The zero-order valence-electron chi connectivity index (χ0n) is 18.0. The van der Waals surface area contributed by atoms with Crippen molar-refractivity contribution in [3.8, 4) is 0 Å². The highest BCUT2D eigenvalue weighted by atomic mass is 19.3. The first-order valence-electron chi connectivity index (χ1n) is 10.7. The molecule has 0 spiro atoms. The van der Waals surface area contributed by atoms with E-state index in [9.17, 15) is 28.0 Å². The Bertz CT molecular complexity index is 1150. The van der Waals surface area contributed by atoms with Crippen LogP contribution in [0.25, 0.3) is 0 Å². The van der Waals surface area contributed by atoms with Gasteiger partial charge in [0.05, 0.1) is 5.56 Å². The minimum Gasteiger partial charge on any atom is -0.388 e. The Balaban J connectivity index is 1.45. The number of piperidine rings is 1. The highest BCUT2D eigenvalue weighted by Crippen LogP contribution is 2.36. The van der Waals surface area contributed by atoms with Crippen LogP contribution in [0.2, 0.25) is 0 Å². The molecule has 0 saturated carbocycles. The van der Waals surface area contributed by atoms with Crippen molar-refractivity contribution in [1.82, 2.24) is 10.2 Å². The Morgan fingerprint density at radius 3 is 2.67 bits per heavy atom. The number of para-hydroxylation sites is 1. The number of amides is 3. The lowest BCUT2D eigenvalue weighted by Crippen LogP contribution is -2.52. The summed E-state index contributed by atoms with van der Waals surface area (Å²) < 4.78 is 29.6. The third-order valence-electron chi connectivity index (χ3n) is 6.11. The fourth-order valence-corrected chi connectivity index (χ4v) is 4.32. The van der Waals surface area contributed by atoms with Crippen LogP contribution in [-0.4, -0.2) is 41.5 Å². The first kappa shape index (κ1) is 22.6. The molecule has 172 valence electrons. The maximum Gasteiger partial charge on any atom is 0.332 e. The summed E-state index contributed by atoms with van der Waals surface area (Å²) in [6.45, 7) is 0.188. The molecule has 1 fully saturated rings. The van der Waals surface area contributed by atoms with Crippen LogP contribution in [0.5, 0.6) is 0 Å². The van der Waals surface area contributed by atoms with Gasteiger partial charge in [-0.15, -0.1) is 0 Å². The third-order valence-corrected chi connectivity index (χ3v) is 6.11.